The zero-order chi connectivity index (χ0) is 12.7. The molecule has 94 valence electrons. The van der Waals surface area contributed by atoms with E-state index in [0.717, 1.165) is 18.4 Å². The predicted molar refractivity (Wildman–Crippen MR) is 70.6 cm³/mol. The number of hydrogen-bond donors (Lipinski definition) is 0. The van der Waals surface area contributed by atoms with Gasteiger partial charge >= 0.3 is 7.12 Å². The first kappa shape index (κ1) is 12.7. The lowest BCUT2D eigenvalue weighted by Gasteiger charge is -2.32. The van der Waals surface area contributed by atoms with Gasteiger partial charge < -0.3 is 14.2 Å². The van der Waals surface area contributed by atoms with E-state index in [1.54, 1.807) is 0 Å². The monoisotopic (exact) mass is 235 g/mol. The van der Waals surface area contributed by atoms with Gasteiger partial charge in [-0.25, -0.2) is 0 Å². The van der Waals surface area contributed by atoms with Gasteiger partial charge in [0.15, 0.2) is 0 Å². The molecule has 0 radical (unpaired) electrons. The van der Waals surface area contributed by atoms with Crippen LogP contribution in [0, 0.1) is 0 Å². The van der Waals surface area contributed by atoms with Crippen LogP contribution in [-0.4, -0.2) is 36.8 Å². The molecule has 17 heavy (non-hydrogen) atoms. The zero-order valence-corrected chi connectivity index (χ0v) is 11.5. The van der Waals surface area contributed by atoms with Gasteiger partial charge in [-0.2, -0.15) is 0 Å². The van der Waals surface area contributed by atoms with Gasteiger partial charge in [0.2, 0.25) is 0 Å². The maximum atomic E-state index is 6.04. The third kappa shape index (κ3) is 2.43. The standard InChI is InChI=1S/C13H22BNO2/c1-12(2)13(3,4)17-14(16-12)11-8-6-7-9-15(5)10-11/h6,8,10H,7,9H2,1-5H3. The highest BCUT2D eigenvalue weighted by Crippen LogP contribution is 2.38. The molecule has 0 aromatic heterocycles. The summed E-state index contributed by atoms with van der Waals surface area (Å²) in [4.78, 5) is 2.18. The first-order valence-electron chi connectivity index (χ1n) is 6.26. The third-order valence-electron chi connectivity index (χ3n) is 3.85. The minimum atomic E-state index is -0.267. The number of hydrogen-bond acceptors (Lipinski definition) is 3. The Bertz CT molecular complexity index is 344. The lowest BCUT2D eigenvalue weighted by atomic mass is 9.78. The Hall–Kier alpha value is -0.735. The van der Waals surface area contributed by atoms with Gasteiger partial charge in [0.05, 0.1) is 11.2 Å². The number of nitrogens with zero attached hydrogens (tertiary/aromatic N) is 1. The smallest absolute Gasteiger partial charge is 0.399 e. The van der Waals surface area contributed by atoms with Crippen LogP contribution in [0.25, 0.3) is 0 Å². The average molecular weight is 235 g/mol. The molecule has 3 nitrogen and oxygen atoms in total. The van der Waals surface area contributed by atoms with Gasteiger partial charge in [0.1, 0.15) is 0 Å². The van der Waals surface area contributed by atoms with Crippen molar-refractivity contribution in [1.82, 2.24) is 4.90 Å². The third-order valence-corrected chi connectivity index (χ3v) is 3.85. The molecular formula is C13H22BNO2. The molecule has 2 rings (SSSR count). The van der Waals surface area contributed by atoms with E-state index in [9.17, 15) is 0 Å². The van der Waals surface area contributed by atoms with E-state index in [-0.39, 0.29) is 18.3 Å². The first-order chi connectivity index (χ1) is 7.82. The van der Waals surface area contributed by atoms with Crippen molar-refractivity contribution in [1.29, 1.82) is 0 Å². The Morgan fingerprint density at radius 2 is 1.76 bits per heavy atom. The van der Waals surface area contributed by atoms with E-state index in [0.29, 0.717) is 0 Å². The minimum absolute atomic E-state index is 0.253. The summed E-state index contributed by atoms with van der Waals surface area (Å²) in [5, 5.41) is 0. The lowest BCUT2D eigenvalue weighted by molar-refractivity contribution is 0.00578. The molecule has 0 aromatic carbocycles. The molecule has 1 fully saturated rings. The van der Waals surface area contributed by atoms with Crippen LogP contribution < -0.4 is 0 Å². The molecule has 2 aliphatic rings. The van der Waals surface area contributed by atoms with Crippen molar-refractivity contribution in [3.05, 3.63) is 23.8 Å². The normalized spacial score (nSPS) is 27.0. The zero-order valence-electron chi connectivity index (χ0n) is 11.5. The van der Waals surface area contributed by atoms with Crippen molar-refractivity contribution in [2.24, 2.45) is 0 Å². The van der Waals surface area contributed by atoms with Crippen LogP contribution in [0.1, 0.15) is 34.1 Å². The highest BCUT2D eigenvalue weighted by molar-refractivity contribution is 6.55. The van der Waals surface area contributed by atoms with Gasteiger partial charge in [-0.05, 0) is 45.8 Å². The Balaban J connectivity index is 2.20. The van der Waals surface area contributed by atoms with Crippen LogP contribution in [0.3, 0.4) is 0 Å². The fourth-order valence-electron chi connectivity index (χ4n) is 1.98. The summed E-state index contributed by atoms with van der Waals surface area (Å²) in [7, 11) is 1.83. The van der Waals surface area contributed by atoms with Gasteiger partial charge in [-0.15, -0.1) is 0 Å². The molecule has 0 amide bonds. The molecular weight excluding hydrogens is 213 g/mol. The summed E-state index contributed by atoms with van der Waals surface area (Å²) >= 11 is 0. The SMILES string of the molecule is CN1C=C(B2OC(C)(C)C(C)(C)O2)C=CCC1. The van der Waals surface area contributed by atoms with Gasteiger partial charge in [-0.3, -0.25) is 0 Å². The second-order valence-electron chi connectivity index (χ2n) is 5.89. The Morgan fingerprint density at radius 3 is 2.35 bits per heavy atom. The number of rotatable bonds is 1. The fourth-order valence-corrected chi connectivity index (χ4v) is 1.98. The molecule has 2 heterocycles. The minimum Gasteiger partial charge on any atom is -0.399 e. The maximum Gasteiger partial charge on any atom is 0.496 e. The van der Waals surface area contributed by atoms with E-state index >= 15 is 0 Å². The van der Waals surface area contributed by atoms with Crippen molar-refractivity contribution in [2.45, 2.75) is 45.3 Å². The molecule has 4 heteroatoms. The van der Waals surface area contributed by atoms with Crippen molar-refractivity contribution in [2.75, 3.05) is 13.6 Å². The van der Waals surface area contributed by atoms with Crippen LogP contribution in [0.4, 0.5) is 0 Å². The maximum absolute atomic E-state index is 6.04. The summed E-state index contributed by atoms with van der Waals surface area (Å²) in [6, 6.07) is 0. The van der Waals surface area contributed by atoms with E-state index < -0.39 is 0 Å². The summed E-state index contributed by atoms with van der Waals surface area (Å²) in [6.45, 7) is 9.37. The van der Waals surface area contributed by atoms with Crippen LogP contribution in [0.15, 0.2) is 23.8 Å². The first-order valence-corrected chi connectivity index (χ1v) is 6.26. The molecule has 0 spiro atoms. The van der Waals surface area contributed by atoms with Crippen molar-refractivity contribution >= 4 is 7.12 Å². The Kier molecular flexibility index (Phi) is 3.13. The molecule has 0 saturated carbocycles. The Morgan fingerprint density at radius 1 is 1.18 bits per heavy atom. The molecule has 2 aliphatic heterocycles. The Labute approximate surface area is 105 Å². The highest BCUT2D eigenvalue weighted by atomic mass is 16.7. The summed E-state index contributed by atoms with van der Waals surface area (Å²) < 4.78 is 12.1. The summed E-state index contributed by atoms with van der Waals surface area (Å²) in [5.41, 5.74) is 0.567. The van der Waals surface area contributed by atoms with Crippen molar-refractivity contribution < 1.29 is 9.31 Å². The lowest BCUT2D eigenvalue weighted by Crippen LogP contribution is -2.41. The fraction of sp³-hybridized carbons (Fsp3) is 0.692. The molecule has 0 unspecified atom stereocenters. The van der Waals surface area contributed by atoms with Crippen molar-refractivity contribution in [3.8, 4) is 0 Å². The second-order valence-corrected chi connectivity index (χ2v) is 5.89. The summed E-state index contributed by atoms with van der Waals surface area (Å²) in [5.74, 6) is 0. The van der Waals surface area contributed by atoms with Gasteiger partial charge in [0.25, 0.3) is 0 Å². The molecule has 0 aliphatic carbocycles. The van der Waals surface area contributed by atoms with Gasteiger partial charge in [-0.1, -0.05) is 12.2 Å². The summed E-state index contributed by atoms with van der Waals surface area (Å²) in [6.07, 6.45) is 7.48. The van der Waals surface area contributed by atoms with Gasteiger partial charge in [0, 0.05) is 13.6 Å². The van der Waals surface area contributed by atoms with Crippen molar-refractivity contribution in [3.63, 3.8) is 0 Å². The van der Waals surface area contributed by atoms with Crippen LogP contribution in [-0.2, 0) is 9.31 Å². The van der Waals surface area contributed by atoms with E-state index in [1.807, 2.05) is 0 Å². The molecule has 0 N–H and O–H groups in total. The largest absolute Gasteiger partial charge is 0.496 e. The van der Waals surface area contributed by atoms with Crippen LogP contribution in [0.5, 0.6) is 0 Å². The van der Waals surface area contributed by atoms with E-state index in [4.69, 9.17) is 9.31 Å². The van der Waals surface area contributed by atoms with Crippen LogP contribution in [0.2, 0.25) is 0 Å². The second kappa shape index (κ2) is 4.18. The average Bonchev–Trinajstić information content (AvgIpc) is 2.39. The van der Waals surface area contributed by atoms with Crippen LogP contribution >= 0.6 is 0 Å². The topological polar surface area (TPSA) is 21.7 Å². The quantitative estimate of drug-likeness (QED) is 0.651. The molecule has 0 aromatic rings. The molecule has 0 bridgehead atoms. The van der Waals surface area contributed by atoms with E-state index in [1.165, 1.54) is 0 Å². The predicted octanol–water partition coefficient (Wildman–Crippen LogP) is 2.39. The molecule has 0 atom stereocenters. The number of allylic oxidation sites excluding steroid dienone is 2. The van der Waals surface area contributed by atoms with E-state index in [2.05, 4.69) is 58.0 Å². The highest BCUT2D eigenvalue weighted by Gasteiger charge is 2.52. The molecule has 1 saturated heterocycles.